The molecular formula is C66H60BF24NO. The highest BCUT2D eigenvalue weighted by Crippen LogP contribution is 2.42. The van der Waals surface area contributed by atoms with Gasteiger partial charge in [-0.1, -0.05) is 188 Å². The summed E-state index contributed by atoms with van der Waals surface area (Å²) in [5, 5.41) is 1.18. The van der Waals surface area contributed by atoms with Crippen LogP contribution in [0.5, 0.6) is 0 Å². The molecule has 0 saturated heterocycles. The van der Waals surface area contributed by atoms with Crippen LogP contribution in [0, 0.1) is 0 Å². The third-order valence-corrected chi connectivity index (χ3v) is 15.9. The Morgan fingerprint density at radius 1 is 0.323 bits per heavy atom. The number of alkyl halides is 24. The van der Waals surface area contributed by atoms with Crippen LogP contribution >= 0.6 is 0 Å². The molecule has 1 aromatic heterocycles. The van der Waals surface area contributed by atoms with E-state index in [1.165, 1.54) is 94.4 Å². The first-order chi connectivity index (χ1) is 43.1. The van der Waals surface area contributed by atoms with Gasteiger partial charge in [0.15, 0.2) is 6.54 Å². The Morgan fingerprint density at radius 3 is 0.882 bits per heavy atom. The van der Waals surface area contributed by atoms with Gasteiger partial charge in [-0.2, -0.15) is 132 Å². The first kappa shape index (κ1) is 74.8. The number of halogens is 24. The van der Waals surface area contributed by atoms with Crippen LogP contribution in [0.15, 0.2) is 140 Å². The molecule has 0 bridgehead atoms. The zero-order valence-electron chi connectivity index (χ0n) is 49.3. The molecule has 506 valence electrons. The molecule has 7 aromatic rings. The zero-order chi connectivity index (χ0) is 69.2. The first-order valence-corrected chi connectivity index (χ1v) is 29.4. The van der Waals surface area contributed by atoms with Crippen molar-refractivity contribution in [2.75, 3.05) is 0 Å². The molecule has 93 heavy (non-hydrogen) atoms. The number of Topliss-reactive ketones (excluding diaryl/α,β-unsaturated/α-hetero) is 1. The van der Waals surface area contributed by atoms with Gasteiger partial charge in [0, 0.05) is 29.5 Å². The van der Waals surface area contributed by atoms with Crippen molar-refractivity contribution < 1.29 is 115 Å². The van der Waals surface area contributed by atoms with Gasteiger partial charge < -0.3 is 0 Å². The largest absolute Gasteiger partial charge is 0.416 e. The number of nitrogens with zero attached hydrogens (tertiary/aromatic N) is 1. The Bertz CT molecular complexity index is 3170. The number of hydrogen-bond donors (Lipinski definition) is 0. The van der Waals surface area contributed by atoms with Gasteiger partial charge in [0.25, 0.3) is 0 Å². The Kier molecular flexibility index (Phi) is 24.2. The van der Waals surface area contributed by atoms with E-state index < -0.39 is 195 Å². The van der Waals surface area contributed by atoms with Crippen molar-refractivity contribution in [2.24, 2.45) is 0 Å². The van der Waals surface area contributed by atoms with Crippen LogP contribution in [-0.2, 0) is 56.0 Å². The maximum Gasteiger partial charge on any atom is 0.416 e. The van der Waals surface area contributed by atoms with Crippen LogP contribution < -0.4 is 26.4 Å². The summed E-state index contributed by atoms with van der Waals surface area (Å²) in [4.78, 5) is 13.2. The molecule has 0 atom stereocenters. The monoisotopic (exact) mass is 1350 g/mol. The fraction of sp³-hybridized carbons (Fsp3) is 0.394. The lowest BCUT2D eigenvalue weighted by atomic mass is 9.12. The Balaban J connectivity index is 0.000000327. The predicted octanol–water partition coefficient (Wildman–Crippen LogP) is 20.8. The van der Waals surface area contributed by atoms with E-state index >= 15 is 0 Å². The standard InChI is InChI=1S/C34H48NO.C32H12BF24/c1-2-3-4-5-6-7-8-9-10-11-12-13-14-15-19-26-34(36)33-28-27-31-24-20-21-25-32(31)35(33)29-30-22-17-16-18-23-30;34-25(35,36)13-1-14(26(37,38)39)6-21(5-13)33(22-7-15(27(40,41)42)2-16(8-22)28(43,44)45,23-9-17(29(46,47)48)3-18(10-23)30(49,50)51)24-11-19(31(52,53)54)4-20(12-24)32(55,56)57/h16-18,20-25,27-28H,2-15,19,26,29H2,1H3;1-12H/q+1;-1. The number of benzene rings is 6. The van der Waals surface area contributed by atoms with Crippen LogP contribution in [-0.4, -0.2) is 11.9 Å². The number of fused-ring (bicyclic) bond motifs is 1. The second kappa shape index (κ2) is 30.0. The maximum absolute atomic E-state index is 14.2. The number of hydrogen-bond acceptors (Lipinski definition) is 1. The molecule has 27 heteroatoms. The van der Waals surface area contributed by atoms with Crippen LogP contribution in [0.2, 0.25) is 0 Å². The molecule has 7 rings (SSSR count). The smallest absolute Gasteiger partial charge is 0.287 e. The maximum atomic E-state index is 14.2. The number of carbonyl (C=O) groups excluding carboxylic acids is 1. The molecule has 0 unspecified atom stereocenters. The predicted molar refractivity (Wildman–Crippen MR) is 304 cm³/mol. The molecule has 0 aliphatic rings. The van der Waals surface area contributed by atoms with Crippen LogP contribution in [0.4, 0.5) is 105 Å². The lowest BCUT2D eigenvalue weighted by Gasteiger charge is -2.46. The highest BCUT2D eigenvalue weighted by Gasteiger charge is 2.47. The highest BCUT2D eigenvalue weighted by molar-refractivity contribution is 7.20. The molecule has 2 nitrogen and oxygen atoms in total. The minimum Gasteiger partial charge on any atom is -0.287 e. The van der Waals surface area contributed by atoms with Gasteiger partial charge in [0.05, 0.1) is 44.5 Å². The van der Waals surface area contributed by atoms with Crippen molar-refractivity contribution in [3.05, 3.63) is 195 Å². The number of aromatic nitrogens is 1. The van der Waals surface area contributed by atoms with Crippen molar-refractivity contribution in [3.63, 3.8) is 0 Å². The van der Waals surface area contributed by atoms with Gasteiger partial charge in [-0.3, -0.25) is 4.79 Å². The molecule has 0 amide bonds. The number of unbranched alkanes of at least 4 members (excludes halogenated alkanes) is 14. The average Bonchev–Trinajstić information content (AvgIpc) is 0.709. The van der Waals surface area contributed by atoms with Gasteiger partial charge in [0.1, 0.15) is 6.15 Å². The Labute approximate surface area is 518 Å². The summed E-state index contributed by atoms with van der Waals surface area (Å²) in [6.07, 6.45) is -34.0. The van der Waals surface area contributed by atoms with E-state index in [0.29, 0.717) is 6.42 Å². The Morgan fingerprint density at radius 2 is 0.591 bits per heavy atom. The molecule has 0 saturated carbocycles. The van der Waals surface area contributed by atoms with E-state index in [1.54, 1.807) is 0 Å². The fourth-order valence-corrected chi connectivity index (χ4v) is 11.3. The summed E-state index contributed by atoms with van der Waals surface area (Å²) < 4.78 is 343. The second-order valence-electron chi connectivity index (χ2n) is 22.7. The molecule has 0 spiro atoms. The topological polar surface area (TPSA) is 20.9 Å². The molecule has 0 aliphatic carbocycles. The summed E-state index contributed by atoms with van der Waals surface area (Å²) >= 11 is 0. The van der Waals surface area contributed by atoms with Gasteiger partial charge in [-0.05, 0) is 42.8 Å². The van der Waals surface area contributed by atoms with Gasteiger partial charge in [-0.15, -0.1) is 0 Å². The first-order valence-electron chi connectivity index (χ1n) is 29.4. The van der Waals surface area contributed by atoms with Crippen molar-refractivity contribution in [1.29, 1.82) is 0 Å². The van der Waals surface area contributed by atoms with Crippen molar-refractivity contribution >= 4 is 44.7 Å². The number of rotatable bonds is 23. The quantitative estimate of drug-likeness (QED) is 0.0206. The van der Waals surface area contributed by atoms with E-state index in [4.69, 9.17) is 0 Å². The van der Waals surface area contributed by atoms with Crippen molar-refractivity contribution in [1.82, 2.24) is 0 Å². The van der Waals surface area contributed by atoms with Crippen LogP contribution in [0.25, 0.3) is 10.9 Å². The van der Waals surface area contributed by atoms with E-state index in [1.807, 2.05) is 12.1 Å². The van der Waals surface area contributed by atoms with Gasteiger partial charge in [0.2, 0.25) is 17.0 Å². The number of para-hydroxylation sites is 1. The Hall–Kier alpha value is -7.22. The molecule has 0 aliphatic heterocycles. The molecular weight excluding hydrogens is 1290 g/mol. The minimum absolute atomic E-state index is 0.270. The molecule has 0 radical (unpaired) electrons. The molecule has 0 fully saturated rings. The SMILES string of the molecule is CCCCCCCCCCCCCCCCCC(=O)c1ccc2ccccc2[n+]1Cc1ccccc1.FC(F)(F)c1cc([B-](c2cc(C(F)(F)F)cc(C(F)(F)F)c2)(c2cc(C(F)(F)F)cc(C(F)(F)F)c2)c2cc(C(F)(F)F)cc(C(F)(F)F)c2)cc(C(F)(F)F)c1. The summed E-state index contributed by atoms with van der Waals surface area (Å²) in [5.41, 5.74) is -27.0. The number of ketones is 1. The normalized spacial score (nSPS) is 13.1. The molecule has 0 N–H and O–H groups in total. The van der Waals surface area contributed by atoms with E-state index in [-0.39, 0.29) is 5.78 Å². The lowest BCUT2D eigenvalue weighted by molar-refractivity contribution is -0.664. The lowest BCUT2D eigenvalue weighted by Crippen LogP contribution is -2.75. The van der Waals surface area contributed by atoms with Gasteiger partial charge in [-0.25, -0.2) is 0 Å². The third kappa shape index (κ3) is 20.2. The van der Waals surface area contributed by atoms with Crippen LogP contribution in [0.1, 0.15) is 170 Å². The molecule has 1 heterocycles. The number of carbonyl (C=O) groups is 1. The third-order valence-electron chi connectivity index (χ3n) is 15.9. The van der Waals surface area contributed by atoms with Crippen LogP contribution in [0.3, 0.4) is 0 Å². The average molecular weight is 1350 g/mol. The van der Waals surface area contributed by atoms with Crippen molar-refractivity contribution in [3.8, 4) is 0 Å². The van der Waals surface area contributed by atoms with Crippen molar-refractivity contribution in [2.45, 2.75) is 166 Å². The van der Waals surface area contributed by atoms with Gasteiger partial charge >= 0.3 is 49.4 Å². The number of pyridine rings is 1. The highest BCUT2D eigenvalue weighted by atomic mass is 19.4. The van der Waals surface area contributed by atoms with E-state index in [2.05, 4.69) is 66.1 Å². The fourth-order valence-electron chi connectivity index (χ4n) is 11.3. The zero-order valence-corrected chi connectivity index (χ0v) is 49.3. The summed E-state index contributed by atoms with van der Waals surface area (Å²) in [7, 11) is 0. The minimum atomic E-state index is -6.13. The van der Waals surface area contributed by atoms with E-state index in [0.717, 1.165) is 30.6 Å². The second-order valence-corrected chi connectivity index (χ2v) is 22.7. The molecule has 6 aromatic carbocycles. The summed E-state index contributed by atoms with van der Waals surface area (Å²) in [6.45, 7) is 3.01. The summed E-state index contributed by atoms with van der Waals surface area (Å²) in [6, 6.07) is 14.1. The summed E-state index contributed by atoms with van der Waals surface area (Å²) in [5.74, 6) is 0.270. The van der Waals surface area contributed by atoms with E-state index in [9.17, 15) is 110 Å².